The monoisotopic (exact) mass is 557 g/mol. The first-order valence-corrected chi connectivity index (χ1v) is 14.4. The summed E-state index contributed by atoms with van der Waals surface area (Å²) in [4.78, 5) is 18.1. The van der Waals surface area contributed by atoms with Crippen LogP contribution < -0.4 is 5.32 Å². The fourth-order valence-corrected chi connectivity index (χ4v) is 6.49. The molecule has 4 aromatic rings. The fourth-order valence-electron chi connectivity index (χ4n) is 4.40. The van der Waals surface area contributed by atoms with Crippen molar-refractivity contribution in [3.8, 4) is 5.69 Å². The van der Waals surface area contributed by atoms with Crippen LogP contribution in [0, 0.1) is 0 Å². The quantitative estimate of drug-likeness (QED) is 0.228. The number of anilines is 1. The Balaban J connectivity index is 1.24. The van der Waals surface area contributed by atoms with Gasteiger partial charge in [0.2, 0.25) is 5.91 Å². The topological polar surface area (TPSA) is 72.7 Å². The van der Waals surface area contributed by atoms with Crippen molar-refractivity contribution in [1.82, 2.24) is 19.7 Å². The van der Waals surface area contributed by atoms with Crippen molar-refractivity contribution in [2.45, 2.75) is 49.6 Å². The Labute approximate surface area is 228 Å². The molecule has 1 amide bonds. The molecule has 1 saturated carbocycles. The third-order valence-corrected chi connectivity index (χ3v) is 8.58. The van der Waals surface area contributed by atoms with E-state index in [1.807, 2.05) is 30.3 Å². The van der Waals surface area contributed by atoms with Gasteiger partial charge in [-0.15, -0.1) is 21.5 Å². The SMILES string of the molecule is O=C(CSc1nnc(C2CCCCC2)n1-c1ccccc1)Nc1ncc(Cc2ccc(Cl)cc2Cl)s1. The van der Waals surface area contributed by atoms with Crippen LogP contribution in [0.2, 0.25) is 10.0 Å². The average molecular weight is 559 g/mol. The van der Waals surface area contributed by atoms with E-state index in [-0.39, 0.29) is 11.7 Å². The molecule has 1 aliphatic carbocycles. The van der Waals surface area contributed by atoms with Gasteiger partial charge in [-0.05, 0) is 42.7 Å². The molecule has 0 saturated heterocycles. The lowest BCUT2D eigenvalue weighted by Crippen LogP contribution is -2.15. The molecule has 2 aromatic carbocycles. The molecule has 0 spiro atoms. The molecule has 5 rings (SSSR count). The number of amides is 1. The molecule has 36 heavy (non-hydrogen) atoms. The molecule has 10 heteroatoms. The van der Waals surface area contributed by atoms with Crippen LogP contribution in [-0.2, 0) is 11.2 Å². The second kappa shape index (κ2) is 11.8. The summed E-state index contributed by atoms with van der Waals surface area (Å²) in [5.74, 6) is 1.48. The zero-order valence-corrected chi connectivity index (χ0v) is 22.6. The van der Waals surface area contributed by atoms with E-state index in [1.54, 1.807) is 12.3 Å². The summed E-state index contributed by atoms with van der Waals surface area (Å²) in [5, 5.41) is 14.5. The highest BCUT2D eigenvalue weighted by molar-refractivity contribution is 7.99. The third-order valence-electron chi connectivity index (χ3n) is 6.16. The molecule has 1 aliphatic rings. The number of carbonyl (C=O) groups is 1. The Kier molecular flexibility index (Phi) is 8.26. The van der Waals surface area contributed by atoms with Gasteiger partial charge in [-0.25, -0.2) is 4.98 Å². The number of nitrogens with zero attached hydrogens (tertiary/aromatic N) is 4. The molecule has 2 aromatic heterocycles. The van der Waals surface area contributed by atoms with Gasteiger partial charge in [0, 0.05) is 39.1 Å². The minimum Gasteiger partial charge on any atom is -0.301 e. The predicted molar refractivity (Wildman–Crippen MR) is 148 cm³/mol. The van der Waals surface area contributed by atoms with E-state index < -0.39 is 0 Å². The lowest BCUT2D eigenvalue weighted by molar-refractivity contribution is -0.113. The largest absolute Gasteiger partial charge is 0.301 e. The van der Waals surface area contributed by atoms with Crippen LogP contribution >= 0.6 is 46.3 Å². The Hall–Kier alpha value is -2.39. The van der Waals surface area contributed by atoms with Crippen molar-refractivity contribution in [2.24, 2.45) is 0 Å². The second-order valence-corrected chi connectivity index (χ2v) is 11.6. The van der Waals surface area contributed by atoms with Crippen LogP contribution in [0.25, 0.3) is 5.69 Å². The first-order valence-electron chi connectivity index (χ1n) is 11.9. The Morgan fingerprint density at radius 3 is 2.67 bits per heavy atom. The third kappa shape index (κ3) is 6.11. The van der Waals surface area contributed by atoms with Crippen molar-refractivity contribution >= 4 is 57.3 Å². The van der Waals surface area contributed by atoms with Crippen molar-refractivity contribution in [1.29, 1.82) is 0 Å². The number of thioether (sulfide) groups is 1. The van der Waals surface area contributed by atoms with Crippen molar-refractivity contribution in [2.75, 3.05) is 11.1 Å². The molecule has 1 N–H and O–H groups in total. The molecule has 2 heterocycles. The van der Waals surface area contributed by atoms with Crippen LogP contribution in [0.4, 0.5) is 5.13 Å². The minimum atomic E-state index is -0.132. The zero-order chi connectivity index (χ0) is 24.9. The Morgan fingerprint density at radius 2 is 1.89 bits per heavy atom. The van der Waals surface area contributed by atoms with E-state index in [2.05, 4.69) is 37.2 Å². The van der Waals surface area contributed by atoms with Gasteiger partial charge in [0.1, 0.15) is 5.82 Å². The molecule has 0 aliphatic heterocycles. The number of halogens is 2. The van der Waals surface area contributed by atoms with Gasteiger partial charge in [0.05, 0.1) is 5.75 Å². The van der Waals surface area contributed by atoms with Gasteiger partial charge in [-0.2, -0.15) is 0 Å². The summed E-state index contributed by atoms with van der Waals surface area (Å²) < 4.78 is 2.12. The standard InChI is InChI=1S/C26H25Cl2N5OS2/c27-19-12-11-18(22(28)14-19)13-21-15-29-25(36-21)30-23(34)16-35-26-32-31-24(17-7-3-1-4-8-17)33(26)20-9-5-2-6-10-20/h2,5-6,9-12,14-15,17H,1,3-4,7-8,13,16H2,(H,29,30,34). The highest BCUT2D eigenvalue weighted by Gasteiger charge is 2.24. The Bertz CT molecular complexity index is 1340. The van der Waals surface area contributed by atoms with Crippen molar-refractivity contribution in [3.63, 3.8) is 0 Å². The lowest BCUT2D eigenvalue weighted by atomic mass is 9.88. The number of hydrogen-bond donors (Lipinski definition) is 1. The zero-order valence-electron chi connectivity index (χ0n) is 19.5. The number of para-hydroxylation sites is 1. The fraction of sp³-hybridized carbons (Fsp3) is 0.308. The number of hydrogen-bond acceptors (Lipinski definition) is 6. The van der Waals surface area contributed by atoms with E-state index in [0.29, 0.717) is 27.5 Å². The molecule has 6 nitrogen and oxygen atoms in total. The Morgan fingerprint density at radius 1 is 1.08 bits per heavy atom. The van der Waals surface area contributed by atoms with Crippen molar-refractivity contribution in [3.05, 3.63) is 81.0 Å². The number of aromatic nitrogens is 4. The minimum absolute atomic E-state index is 0.132. The molecule has 0 atom stereocenters. The number of carbonyl (C=O) groups excluding carboxylic acids is 1. The summed E-state index contributed by atoms with van der Waals surface area (Å²) in [5.41, 5.74) is 1.99. The molecule has 1 fully saturated rings. The summed E-state index contributed by atoms with van der Waals surface area (Å²) in [7, 11) is 0. The predicted octanol–water partition coefficient (Wildman–Crippen LogP) is 7.40. The highest BCUT2D eigenvalue weighted by atomic mass is 35.5. The first kappa shape index (κ1) is 25.3. The van der Waals surface area contributed by atoms with Gasteiger partial charge >= 0.3 is 0 Å². The molecule has 0 unspecified atom stereocenters. The number of thiazole rings is 1. The van der Waals surface area contributed by atoms with E-state index in [0.717, 1.165) is 40.0 Å². The first-order chi connectivity index (χ1) is 17.6. The maximum atomic E-state index is 12.7. The number of benzene rings is 2. The van der Waals surface area contributed by atoms with E-state index >= 15 is 0 Å². The van der Waals surface area contributed by atoms with Crippen LogP contribution in [-0.4, -0.2) is 31.4 Å². The maximum Gasteiger partial charge on any atom is 0.236 e. The second-order valence-electron chi connectivity index (χ2n) is 8.73. The maximum absolute atomic E-state index is 12.7. The summed E-state index contributed by atoms with van der Waals surface area (Å²) in [6.07, 6.45) is 8.37. The van der Waals surface area contributed by atoms with Crippen LogP contribution in [0.15, 0.2) is 59.9 Å². The lowest BCUT2D eigenvalue weighted by Gasteiger charge is -2.22. The van der Waals surface area contributed by atoms with Crippen molar-refractivity contribution < 1.29 is 4.79 Å². The van der Waals surface area contributed by atoms with Gasteiger partial charge in [0.25, 0.3) is 0 Å². The van der Waals surface area contributed by atoms with Gasteiger partial charge < -0.3 is 5.32 Å². The van der Waals surface area contributed by atoms with Gasteiger partial charge in [-0.1, -0.05) is 78.5 Å². The van der Waals surface area contributed by atoms with Crippen LogP contribution in [0.1, 0.15) is 54.3 Å². The molecule has 186 valence electrons. The summed E-state index contributed by atoms with van der Waals surface area (Å²) in [6.45, 7) is 0. The highest BCUT2D eigenvalue weighted by Crippen LogP contribution is 2.35. The smallest absolute Gasteiger partial charge is 0.236 e. The van der Waals surface area contributed by atoms with Crippen LogP contribution in [0.3, 0.4) is 0 Å². The number of rotatable bonds is 8. The van der Waals surface area contributed by atoms with E-state index in [1.165, 1.54) is 42.4 Å². The molecular weight excluding hydrogens is 533 g/mol. The summed E-state index contributed by atoms with van der Waals surface area (Å²) >= 11 is 15.1. The van der Waals surface area contributed by atoms with Gasteiger partial charge in [-0.3, -0.25) is 9.36 Å². The summed E-state index contributed by atoms with van der Waals surface area (Å²) in [6, 6.07) is 15.6. The normalized spacial score (nSPS) is 14.2. The molecular formula is C26H25Cl2N5OS2. The van der Waals surface area contributed by atoms with E-state index in [9.17, 15) is 4.79 Å². The van der Waals surface area contributed by atoms with E-state index in [4.69, 9.17) is 23.2 Å². The number of nitrogens with one attached hydrogen (secondary N) is 1. The molecule has 0 bridgehead atoms. The molecule has 0 radical (unpaired) electrons. The average Bonchev–Trinajstić information content (AvgIpc) is 3.52. The van der Waals surface area contributed by atoms with Gasteiger partial charge in [0.15, 0.2) is 10.3 Å². The van der Waals surface area contributed by atoms with Crippen LogP contribution in [0.5, 0.6) is 0 Å².